The Balaban J connectivity index is 2.26. The van der Waals surface area contributed by atoms with E-state index >= 15 is 0 Å². The molecule has 0 heterocycles. The van der Waals surface area contributed by atoms with Gasteiger partial charge in [-0.15, -0.1) is 0 Å². The van der Waals surface area contributed by atoms with E-state index in [1.807, 2.05) is 6.07 Å². The van der Waals surface area contributed by atoms with E-state index in [9.17, 15) is 9.59 Å². The highest BCUT2D eigenvalue weighted by Gasteiger charge is 2.14. The van der Waals surface area contributed by atoms with Crippen molar-refractivity contribution in [2.75, 3.05) is 6.61 Å². The van der Waals surface area contributed by atoms with Crippen LogP contribution in [0.1, 0.15) is 33.2 Å². The minimum absolute atomic E-state index is 0.210. The van der Waals surface area contributed by atoms with Crippen LogP contribution in [-0.2, 0) is 4.74 Å². The summed E-state index contributed by atoms with van der Waals surface area (Å²) in [6, 6.07) is 13.3. The maximum atomic E-state index is 11.9. The van der Waals surface area contributed by atoms with Crippen molar-refractivity contribution in [2.24, 2.45) is 0 Å². The molecule has 5 nitrogen and oxygen atoms in total. The number of hydrogen-bond donors (Lipinski definition) is 1. The Labute approximate surface area is 137 Å². The molecule has 0 bridgehead atoms. The summed E-state index contributed by atoms with van der Waals surface area (Å²) in [5, 5.41) is 18.0. The molecule has 0 atom stereocenters. The van der Waals surface area contributed by atoms with Crippen LogP contribution in [0.2, 0.25) is 0 Å². The molecule has 0 radical (unpaired) electrons. The number of nitrogens with zero attached hydrogens (tertiary/aromatic N) is 1. The number of carboxylic acids is 1. The Morgan fingerprint density at radius 1 is 1.17 bits per heavy atom. The van der Waals surface area contributed by atoms with Crippen molar-refractivity contribution in [1.82, 2.24) is 0 Å². The maximum absolute atomic E-state index is 11.9. The number of hydrogen-bond acceptors (Lipinski definition) is 5. The second-order valence-electron chi connectivity index (χ2n) is 4.47. The summed E-state index contributed by atoms with van der Waals surface area (Å²) in [7, 11) is 0. The van der Waals surface area contributed by atoms with Crippen LogP contribution in [0.3, 0.4) is 0 Å². The van der Waals surface area contributed by atoms with Gasteiger partial charge in [0.05, 0.1) is 23.3 Å². The van der Waals surface area contributed by atoms with E-state index in [-0.39, 0.29) is 23.3 Å². The van der Waals surface area contributed by atoms with Gasteiger partial charge in [-0.1, -0.05) is 11.8 Å². The highest BCUT2D eigenvalue weighted by molar-refractivity contribution is 7.99. The van der Waals surface area contributed by atoms with Crippen molar-refractivity contribution >= 4 is 23.7 Å². The van der Waals surface area contributed by atoms with Crippen molar-refractivity contribution < 1.29 is 19.4 Å². The lowest BCUT2D eigenvalue weighted by Crippen LogP contribution is -2.07. The molecule has 0 aliphatic rings. The number of rotatable bonds is 5. The fourth-order valence-corrected chi connectivity index (χ4v) is 2.72. The van der Waals surface area contributed by atoms with Crippen LogP contribution in [0.15, 0.2) is 52.3 Å². The molecule has 2 aromatic carbocycles. The van der Waals surface area contributed by atoms with Crippen LogP contribution in [0.25, 0.3) is 0 Å². The largest absolute Gasteiger partial charge is 0.478 e. The van der Waals surface area contributed by atoms with E-state index in [2.05, 4.69) is 0 Å². The quantitative estimate of drug-likeness (QED) is 0.845. The third-order valence-electron chi connectivity index (χ3n) is 2.94. The predicted molar refractivity (Wildman–Crippen MR) is 84.6 cm³/mol. The Morgan fingerprint density at radius 3 is 2.39 bits per heavy atom. The Kier molecular flexibility index (Phi) is 5.39. The normalized spacial score (nSPS) is 9.91. The lowest BCUT2D eigenvalue weighted by atomic mass is 10.1. The van der Waals surface area contributed by atoms with Crippen LogP contribution in [-0.4, -0.2) is 23.7 Å². The van der Waals surface area contributed by atoms with E-state index in [1.165, 1.54) is 23.9 Å². The fraction of sp³-hybridized carbons (Fsp3) is 0.118. The second-order valence-corrected chi connectivity index (χ2v) is 5.62. The lowest BCUT2D eigenvalue weighted by molar-refractivity contribution is 0.0525. The number of nitriles is 1. The van der Waals surface area contributed by atoms with Gasteiger partial charge >= 0.3 is 11.9 Å². The summed E-state index contributed by atoms with van der Waals surface area (Å²) in [5.41, 5.74) is 0.692. The molecule has 6 heteroatoms. The summed E-state index contributed by atoms with van der Waals surface area (Å²) in [6.07, 6.45) is 0. The number of carbonyl (C=O) groups excluding carboxylic acids is 1. The van der Waals surface area contributed by atoms with Gasteiger partial charge in [-0.2, -0.15) is 5.26 Å². The van der Waals surface area contributed by atoms with Crippen molar-refractivity contribution in [2.45, 2.75) is 16.7 Å². The zero-order valence-electron chi connectivity index (χ0n) is 12.3. The number of esters is 1. The van der Waals surface area contributed by atoms with Crippen molar-refractivity contribution in [1.29, 1.82) is 5.26 Å². The van der Waals surface area contributed by atoms with Crippen LogP contribution in [0.5, 0.6) is 0 Å². The molecule has 116 valence electrons. The Morgan fingerprint density at radius 2 is 1.83 bits per heavy atom. The summed E-state index contributed by atoms with van der Waals surface area (Å²) in [4.78, 5) is 24.3. The monoisotopic (exact) mass is 327 g/mol. The van der Waals surface area contributed by atoms with Gasteiger partial charge < -0.3 is 9.84 Å². The molecule has 0 unspecified atom stereocenters. The fourth-order valence-electron chi connectivity index (χ4n) is 1.86. The van der Waals surface area contributed by atoms with Crippen LogP contribution >= 0.6 is 11.8 Å². The molecule has 0 amide bonds. The minimum Gasteiger partial charge on any atom is -0.478 e. The second kappa shape index (κ2) is 7.47. The molecule has 2 aromatic rings. The van der Waals surface area contributed by atoms with E-state index in [0.717, 1.165) is 9.79 Å². The summed E-state index contributed by atoms with van der Waals surface area (Å²) in [6.45, 7) is 1.93. The van der Waals surface area contributed by atoms with Crippen LogP contribution < -0.4 is 0 Å². The summed E-state index contributed by atoms with van der Waals surface area (Å²) < 4.78 is 4.95. The first-order valence-corrected chi connectivity index (χ1v) is 7.59. The molecule has 0 fully saturated rings. The van der Waals surface area contributed by atoms with Gasteiger partial charge in [0.25, 0.3) is 0 Å². The zero-order valence-corrected chi connectivity index (χ0v) is 13.1. The van der Waals surface area contributed by atoms with Gasteiger partial charge in [0.2, 0.25) is 0 Å². The molecular formula is C17H13NO4S. The third-order valence-corrected chi connectivity index (χ3v) is 3.94. The SMILES string of the molecule is CCOC(=O)c1cc(Sc2ccc(C(=O)O)cc2)ccc1C#N. The molecule has 0 saturated carbocycles. The number of carboxylic acid groups (broad SMARTS) is 1. The summed E-state index contributed by atoms with van der Waals surface area (Å²) >= 11 is 1.37. The topological polar surface area (TPSA) is 87.4 Å². The van der Waals surface area contributed by atoms with Gasteiger partial charge in [0, 0.05) is 9.79 Å². The van der Waals surface area contributed by atoms with E-state index in [1.54, 1.807) is 37.3 Å². The van der Waals surface area contributed by atoms with Gasteiger partial charge in [-0.25, -0.2) is 9.59 Å². The van der Waals surface area contributed by atoms with Crippen molar-refractivity contribution in [3.8, 4) is 6.07 Å². The average Bonchev–Trinajstić information content (AvgIpc) is 2.55. The number of ether oxygens (including phenoxy) is 1. The molecule has 2 rings (SSSR count). The van der Waals surface area contributed by atoms with Crippen molar-refractivity contribution in [3.63, 3.8) is 0 Å². The summed E-state index contributed by atoms with van der Waals surface area (Å²) in [5.74, 6) is -1.52. The standard InChI is InChI=1S/C17H13NO4S/c1-2-22-17(21)15-9-14(8-5-12(15)10-18)23-13-6-3-11(4-7-13)16(19)20/h3-9H,2H2,1H3,(H,19,20). The number of aromatic carboxylic acids is 1. The number of benzene rings is 2. The molecule has 0 aliphatic carbocycles. The zero-order chi connectivity index (χ0) is 16.8. The van der Waals surface area contributed by atoms with Crippen LogP contribution in [0, 0.1) is 11.3 Å². The molecule has 23 heavy (non-hydrogen) atoms. The average molecular weight is 327 g/mol. The maximum Gasteiger partial charge on any atom is 0.339 e. The predicted octanol–water partition coefficient (Wildman–Crippen LogP) is 3.58. The van der Waals surface area contributed by atoms with Gasteiger partial charge in [0.1, 0.15) is 6.07 Å². The first-order chi connectivity index (χ1) is 11.0. The Hall–Kier alpha value is -2.78. The molecule has 0 spiro atoms. The number of carbonyl (C=O) groups is 2. The molecule has 0 saturated heterocycles. The molecule has 0 aromatic heterocycles. The molecular weight excluding hydrogens is 314 g/mol. The van der Waals surface area contributed by atoms with Crippen molar-refractivity contribution in [3.05, 3.63) is 59.2 Å². The highest BCUT2D eigenvalue weighted by Crippen LogP contribution is 2.29. The lowest BCUT2D eigenvalue weighted by Gasteiger charge is -2.07. The van der Waals surface area contributed by atoms with Gasteiger partial charge in [-0.3, -0.25) is 0 Å². The molecule has 1 N–H and O–H groups in total. The van der Waals surface area contributed by atoms with Crippen LogP contribution in [0.4, 0.5) is 0 Å². The van der Waals surface area contributed by atoms with E-state index in [0.29, 0.717) is 0 Å². The minimum atomic E-state index is -0.982. The smallest absolute Gasteiger partial charge is 0.339 e. The highest BCUT2D eigenvalue weighted by atomic mass is 32.2. The van der Waals surface area contributed by atoms with Gasteiger partial charge in [-0.05, 0) is 49.4 Å². The first kappa shape index (κ1) is 16.6. The van der Waals surface area contributed by atoms with E-state index in [4.69, 9.17) is 15.1 Å². The van der Waals surface area contributed by atoms with Gasteiger partial charge in [0.15, 0.2) is 0 Å². The molecule has 0 aliphatic heterocycles. The third kappa shape index (κ3) is 4.11. The first-order valence-electron chi connectivity index (χ1n) is 6.77. The Bertz CT molecular complexity index is 778. The van der Waals surface area contributed by atoms with E-state index < -0.39 is 11.9 Å².